The molecule has 0 aromatic carbocycles. The van der Waals surface area contributed by atoms with Gasteiger partial charge >= 0.3 is 0 Å². The Bertz CT molecular complexity index is 289. The van der Waals surface area contributed by atoms with Gasteiger partial charge in [0, 0.05) is 12.1 Å². The average Bonchev–Trinajstić information content (AvgIpc) is 2.28. The van der Waals surface area contributed by atoms with E-state index in [2.05, 4.69) is 38.3 Å². The molecule has 4 atom stereocenters. The molecule has 0 radical (unpaired) electrons. The van der Waals surface area contributed by atoms with Crippen LogP contribution in [0.3, 0.4) is 0 Å². The van der Waals surface area contributed by atoms with Crippen molar-refractivity contribution in [2.45, 2.75) is 65.5 Å². The van der Waals surface area contributed by atoms with E-state index >= 15 is 0 Å². The highest BCUT2D eigenvalue weighted by Gasteiger charge is 2.51. The Morgan fingerprint density at radius 1 is 0.722 bits per heavy atom. The lowest BCUT2D eigenvalue weighted by Gasteiger charge is -2.58. The molecular weight excluding hydrogens is 220 g/mol. The largest absolute Gasteiger partial charge is 0.312 e. The molecule has 4 unspecified atom stereocenters. The third kappa shape index (κ3) is 1.92. The molecule has 3 fully saturated rings. The molecule has 3 rings (SSSR count). The van der Waals surface area contributed by atoms with Crippen molar-refractivity contribution in [2.75, 3.05) is 13.1 Å². The Hall–Kier alpha value is -0.0800. The van der Waals surface area contributed by atoms with Gasteiger partial charge in [-0.2, -0.15) is 0 Å². The van der Waals surface area contributed by atoms with Gasteiger partial charge in [-0.1, -0.05) is 27.7 Å². The Labute approximate surface area is 112 Å². The van der Waals surface area contributed by atoms with E-state index in [0.717, 1.165) is 11.8 Å². The highest BCUT2D eigenvalue weighted by atomic mass is 15.1. The zero-order valence-corrected chi connectivity index (χ0v) is 12.6. The van der Waals surface area contributed by atoms with Crippen LogP contribution in [0.25, 0.3) is 0 Å². The summed E-state index contributed by atoms with van der Waals surface area (Å²) in [5.74, 6) is 1.74. The van der Waals surface area contributed by atoms with Crippen molar-refractivity contribution in [1.82, 2.24) is 10.6 Å². The lowest BCUT2D eigenvalue weighted by Crippen LogP contribution is -2.67. The molecule has 2 heterocycles. The molecule has 2 nitrogen and oxygen atoms in total. The van der Waals surface area contributed by atoms with E-state index in [0.29, 0.717) is 22.9 Å². The molecule has 0 bridgehead atoms. The Morgan fingerprint density at radius 2 is 1.11 bits per heavy atom. The van der Waals surface area contributed by atoms with Crippen molar-refractivity contribution >= 4 is 0 Å². The van der Waals surface area contributed by atoms with Crippen LogP contribution < -0.4 is 10.6 Å². The summed E-state index contributed by atoms with van der Waals surface area (Å²) in [6.07, 6.45) is 5.54. The fourth-order valence-corrected chi connectivity index (χ4v) is 5.00. The molecule has 1 saturated carbocycles. The molecule has 2 heteroatoms. The van der Waals surface area contributed by atoms with E-state index in [-0.39, 0.29) is 0 Å². The molecule has 0 aromatic rings. The van der Waals surface area contributed by atoms with E-state index in [1.54, 1.807) is 0 Å². The van der Waals surface area contributed by atoms with Crippen LogP contribution in [0.15, 0.2) is 0 Å². The van der Waals surface area contributed by atoms with Gasteiger partial charge < -0.3 is 10.6 Å². The summed E-state index contributed by atoms with van der Waals surface area (Å²) in [5.41, 5.74) is 1.06. The van der Waals surface area contributed by atoms with Crippen LogP contribution in [0.2, 0.25) is 0 Å². The smallest absolute Gasteiger partial charge is 0.0257 e. The van der Waals surface area contributed by atoms with Gasteiger partial charge in [0.25, 0.3) is 0 Å². The summed E-state index contributed by atoms with van der Waals surface area (Å²) in [4.78, 5) is 0. The topological polar surface area (TPSA) is 24.1 Å². The van der Waals surface area contributed by atoms with Crippen LogP contribution in [-0.4, -0.2) is 25.2 Å². The minimum absolute atomic E-state index is 0.532. The summed E-state index contributed by atoms with van der Waals surface area (Å²) in [6.45, 7) is 12.4. The van der Waals surface area contributed by atoms with Crippen molar-refractivity contribution in [3.8, 4) is 0 Å². The highest BCUT2D eigenvalue weighted by molar-refractivity contribution is 5.07. The van der Waals surface area contributed by atoms with E-state index in [1.807, 2.05) is 0 Å². The lowest BCUT2D eigenvalue weighted by molar-refractivity contribution is -0.0276. The average molecular weight is 250 g/mol. The van der Waals surface area contributed by atoms with Gasteiger partial charge in [0.15, 0.2) is 0 Å². The van der Waals surface area contributed by atoms with Crippen LogP contribution in [0, 0.1) is 22.7 Å². The molecular formula is C16H30N2. The molecule has 2 N–H and O–H groups in total. The fourth-order valence-electron chi connectivity index (χ4n) is 5.00. The SMILES string of the molecule is CC1(C)CCNC2C3NCCC(C)(C)C3CCC21. The molecule has 1 aliphatic carbocycles. The second kappa shape index (κ2) is 4.21. The third-order valence-corrected chi connectivity index (χ3v) is 6.35. The van der Waals surface area contributed by atoms with Crippen LogP contribution in [0.1, 0.15) is 53.4 Å². The first-order valence-electron chi connectivity index (χ1n) is 7.89. The first-order chi connectivity index (χ1) is 8.42. The van der Waals surface area contributed by atoms with Crippen LogP contribution in [-0.2, 0) is 0 Å². The number of hydrogen-bond donors (Lipinski definition) is 2. The highest BCUT2D eigenvalue weighted by Crippen LogP contribution is 2.50. The summed E-state index contributed by atoms with van der Waals surface area (Å²) in [6, 6.07) is 1.43. The van der Waals surface area contributed by atoms with E-state index in [9.17, 15) is 0 Å². The quantitative estimate of drug-likeness (QED) is 0.691. The van der Waals surface area contributed by atoms with Crippen LogP contribution in [0.5, 0.6) is 0 Å². The number of fused-ring (bicyclic) bond motifs is 3. The molecule has 18 heavy (non-hydrogen) atoms. The summed E-state index contributed by atoms with van der Waals surface area (Å²) in [7, 11) is 0. The zero-order valence-electron chi connectivity index (χ0n) is 12.6. The third-order valence-electron chi connectivity index (χ3n) is 6.35. The number of hydrogen-bond acceptors (Lipinski definition) is 2. The summed E-state index contributed by atoms with van der Waals surface area (Å²) >= 11 is 0. The zero-order chi connectivity index (χ0) is 13.0. The number of nitrogens with one attached hydrogen (secondary N) is 2. The van der Waals surface area contributed by atoms with Gasteiger partial charge in [0.1, 0.15) is 0 Å². The maximum Gasteiger partial charge on any atom is 0.0257 e. The second-order valence-electron chi connectivity index (χ2n) is 8.23. The molecule has 2 saturated heterocycles. The van der Waals surface area contributed by atoms with Crippen molar-refractivity contribution in [3.63, 3.8) is 0 Å². The second-order valence-corrected chi connectivity index (χ2v) is 8.23. The monoisotopic (exact) mass is 250 g/mol. The normalized spacial score (nSPS) is 46.0. The predicted molar refractivity (Wildman–Crippen MR) is 76.6 cm³/mol. The first-order valence-corrected chi connectivity index (χ1v) is 7.89. The fraction of sp³-hybridized carbons (Fsp3) is 1.00. The first kappa shape index (κ1) is 12.9. The van der Waals surface area contributed by atoms with Gasteiger partial charge in [-0.05, 0) is 61.4 Å². The van der Waals surface area contributed by atoms with Crippen molar-refractivity contribution in [3.05, 3.63) is 0 Å². The predicted octanol–water partition coefficient (Wildman–Crippen LogP) is 2.79. The van der Waals surface area contributed by atoms with Gasteiger partial charge in [-0.25, -0.2) is 0 Å². The maximum absolute atomic E-state index is 3.85. The van der Waals surface area contributed by atoms with Gasteiger partial charge in [0.2, 0.25) is 0 Å². The molecule has 104 valence electrons. The standard InChI is InChI=1S/C16H30N2/c1-15(2)7-9-17-13-11(15)5-6-12-14(13)18-10-8-16(12,3)4/h11-14,17-18H,5-10H2,1-4H3. The van der Waals surface area contributed by atoms with Gasteiger partial charge in [-0.3, -0.25) is 0 Å². The van der Waals surface area contributed by atoms with Crippen molar-refractivity contribution in [2.24, 2.45) is 22.7 Å². The Morgan fingerprint density at radius 3 is 1.50 bits per heavy atom. The maximum atomic E-state index is 3.85. The minimum Gasteiger partial charge on any atom is -0.312 e. The van der Waals surface area contributed by atoms with Gasteiger partial charge in [-0.15, -0.1) is 0 Å². The molecule has 3 aliphatic rings. The molecule has 0 aromatic heterocycles. The molecule has 2 aliphatic heterocycles. The Balaban J connectivity index is 1.85. The van der Waals surface area contributed by atoms with Crippen molar-refractivity contribution < 1.29 is 0 Å². The summed E-state index contributed by atoms with van der Waals surface area (Å²) in [5, 5.41) is 7.70. The molecule has 0 amide bonds. The Kier molecular flexibility index (Phi) is 3.02. The summed E-state index contributed by atoms with van der Waals surface area (Å²) < 4.78 is 0. The number of piperidine rings is 2. The van der Waals surface area contributed by atoms with E-state index < -0.39 is 0 Å². The van der Waals surface area contributed by atoms with E-state index in [4.69, 9.17) is 0 Å². The minimum atomic E-state index is 0.532. The molecule has 0 spiro atoms. The van der Waals surface area contributed by atoms with Crippen LogP contribution >= 0.6 is 0 Å². The van der Waals surface area contributed by atoms with E-state index in [1.165, 1.54) is 38.8 Å². The number of rotatable bonds is 0. The van der Waals surface area contributed by atoms with Gasteiger partial charge in [0.05, 0.1) is 0 Å². The lowest BCUT2D eigenvalue weighted by atomic mass is 9.55. The van der Waals surface area contributed by atoms with Crippen LogP contribution in [0.4, 0.5) is 0 Å². The van der Waals surface area contributed by atoms with Crippen molar-refractivity contribution in [1.29, 1.82) is 0 Å².